The van der Waals surface area contributed by atoms with Crippen LogP contribution in [0.3, 0.4) is 0 Å². The van der Waals surface area contributed by atoms with Gasteiger partial charge in [0, 0.05) is 39.1 Å². The van der Waals surface area contributed by atoms with Crippen molar-refractivity contribution in [2.75, 3.05) is 26.7 Å². The van der Waals surface area contributed by atoms with Gasteiger partial charge in [0.2, 0.25) is 0 Å². The lowest BCUT2D eigenvalue weighted by Gasteiger charge is -2.38. The molecule has 122 valence electrons. The molecule has 0 unspecified atom stereocenters. The molecule has 0 radical (unpaired) electrons. The van der Waals surface area contributed by atoms with Crippen LogP contribution in [-0.4, -0.2) is 42.5 Å². The summed E-state index contributed by atoms with van der Waals surface area (Å²) in [5.74, 6) is 1.07. The first-order valence-electron chi connectivity index (χ1n) is 8.08. The monoisotopic (exact) mass is 414 g/mol. The third-order valence-corrected chi connectivity index (χ3v) is 5.18. The number of pyridine rings is 1. The van der Waals surface area contributed by atoms with E-state index in [0.29, 0.717) is 5.41 Å². The molecule has 2 fully saturated rings. The van der Waals surface area contributed by atoms with Crippen molar-refractivity contribution >= 4 is 29.9 Å². The molecule has 22 heavy (non-hydrogen) atoms. The van der Waals surface area contributed by atoms with Crippen molar-refractivity contribution in [3.05, 3.63) is 29.6 Å². The molecule has 0 amide bonds. The molecule has 2 aliphatic rings. The van der Waals surface area contributed by atoms with Gasteiger partial charge in [0.05, 0.1) is 0 Å². The normalized spacial score (nSPS) is 19.7. The van der Waals surface area contributed by atoms with E-state index >= 15 is 0 Å². The Bertz CT molecular complexity index is 525. The molecule has 1 aliphatic carbocycles. The molecular weight excluding hydrogens is 387 g/mol. The lowest BCUT2D eigenvalue weighted by molar-refractivity contribution is 0.151. The Labute approximate surface area is 150 Å². The fourth-order valence-electron chi connectivity index (χ4n) is 3.62. The maximum atomic E-state index is 4.47. The summed E-state index contributed by atoms with van der Waals surface area (Å²) in [5.41, 5.74) is 3.26. The molecule has 1 aliphatic heterocycles. The molecule has 1 saturated heterocycles. The molecule has 0 atom stereocenters. The van der Waals surface area contributed by atoms with E-state index < -0.39 is 0 Å². The molecule has 1 N–H and O–H groups in total. The third kappa shape index (κ3) is 3.73. The summed E-state index contributed by atoms with van der Waals surface area (Å²) >= 11 is 0. The van der Waals surface area contributed by atoms with Crippen molar-refractivity contribution in [2.45, 2.75) is 39.0 Å². The Balaban J connectivity index is 0.00000176. The summed E-state index contributed by atoms with van der Waals surface area (Å²) in [6.07, 6.45) is 10.4. The van der Waals surface area contributed by atoms with Gasteiger partial charge in [0.15, 0.2) is 5.96 Å². The molecule has 1 aromatic heterocycles. The van der Waals surface area contributed by atoms with Crippen molar-refractivity contribution in [3.63, 3.8) is 0 Å². The van der Waals surface area contributed by atoms with Gasteiger partial charge in [0.25, 0.3) is 0 Å². The molecule has 3 rings (SSSR count). The minimum atomic E-state index is 0. The first-order chi connectivity index (χ1) is 10.2. The van der Waals surface area contributed by atoms with Gasteiger partial charge >= 0.3 is 0 Å². The molecule has 5 heteroatoms. The standard InChI is InChI=1S/C17H26N4.HI/c1-14-12-19-9-4-15(14)5-10-20-16(18-2)21-11-8-17(13-21)6-3-7-17;/h4,9,12H,3,5-8,10-11,13H2,1-2H3,(H,18,20);1H. The Hall–Kier alpha value is -0.850. The Morgan fingerprint density at radius 1 is 1.41 bits per heavy atom. The van der Waals surface area contributed by atoms with Crippen LogP contribution in [0.25, 0.3) is 0 Å². The number of guanidine groups is 1. The molecule has 0 bridgehead atoms. The first-order valence-corrected chi connectivity index (χ1v) is 8.08. The van der Waals surface area contributed by atoms with Crippen LogP contribution in [0.5, 0.6) is 0 Å². The minimum Gasteiger partial charge on any atom is -0.356 e. The van der Waals surface area contributed by atoms with Gasteiger partial charge in [-0.2, -0.15) is 0 Å². The lowest BCUT2D eigenvalue weighted by Crippen LogP contribution is -2.43. The van der Waals surface area contributed by atoms with Gasteiger partial charge in [-0.15, -0.1) is 24.0 Å². The van der Waals surface area contributed by atoms with Gasteiger partial charge in [-0.3, -0.25) is 9.98 Å². The summed E-state index contributed by atoms with van der Waals surface area (Å²) in [6.45, 7) is 5.41. The van der Waals surface area contributed by atoms with E-state index in [0.717, 1.165) is 25.5 Å². The zero-order valence-corrected chi connectivity index (χ0v) is 16.0. The minimum absolute atomic E-state index is 0. The highest BCUT2D eigenvalue weighted by Gasteiger charge is 2.43. The van der Waals surface area contributed by atoms with Crippen molar-refractivity contribution in [3.8, 4) is 0 Å². The average Bonchev–Trinajstić information content (AvgIpc) is 2.91. The lowest BCUT2D eigenvalue weighted by atomic mass is 9.68. The number of nitrogens with zero attached hydrogens (tertiary/aromatic N) is 3. The number of nitrogens with one attached hydrogen (secondary N) is 1. The van der Waals surface area contributed by atoms with Gasteiger partial charge in [-0.1, -0.05) is 6.42 Å². The number of likely N-dealkylation sites (tertiary alicyclic amines) is 1. The number of aryl methyl sites for hydroxylation is 1. The number of aromatic nitrogens is 1. The quantitative estimate of drug-likeness (QED) is 0.470. The summed E-state index contributed by atoms with van der Waals surface area (Å²) in [5, 5.41) is 3.53. The summed E-state index contributed by atoms with van der Waals surface area (Å²) in [7, 11) is 1.89. The van der Waals surface area contributed by atoms with Crippen LogP contribution in [0.15, 0.2) is 23.5 Å². The van der Waals surface area contributed by atoms with Crippen molar-refractivity contribution in [2.24, 2.45) is 10.4 Å². The van der Waals surface area contributed by atoms with Gasteiger partial charge in [-0.05, 0) is 55.2 Å². The van der Waals surface area contributed by atoms with Crippen LogP contribution in [-0.2, 0) is 6.42 Å². The topological polar surface area (TPSA) is 40.5 Å². The van der Waals surface area contributed by atoms with E-state index in [1.165, 1.54) is 43.4 Å². The number of aliphatic imine (C=N–C) groups is 1. The largest absolute Gasteiger partial charge is 0.356 e. The number of halogens is 1. The fourth-order valence-corrected chi connectivity index (χ4v) is 3.62. The van der Waals surface area contributed by atoms with Crippen LogP contribution in [0, 0.1) is 12.3 Å². The number of hydrogen-bond donors (Lipinski definition) is 1. The van der Waals surface area contributed by atoms with Crippen molar-refractivity contribution in [1.29, 1.82) is 0 Å². The predicted octanol–water partition coefficient (Wildman–Crippen LogP) is 3.00. The molecule has 2 heterocycles. The van der Waals surface area contributed by atoms with Gasteiger partial charge in [0.1, 0.15) is 0 Å². The zero-order valence-electron chi connectivity index (χ0n) is 13.6. The van der Waals surface area contributed by atoms with Gasteiger partial charge in [-0.25, -0.2) is 0 Å². The summed E-state index contributed by atoms with van der Waals surface area (Å²) < 4.78 is 0. The first kappa shape index (κ1) is 17.5. The molecule has 0 aromatic carbocycles. The highest BCUT2D eigenvalue weighted by Crippen LogP contribution is 2.47. The van der Waals surface area contributed by atoms with Crippen LogP contribution >= 0.6 is 24.0 Å². The summed E-state index contributed by atoms with van der Waals surface area (Å²) in [6, 6.07) is 2.11. The van der Waals surface area contributed by atoms with Crippen LogP contribution in [0.1, 0.15) is 36.8 Å². The van der Waals surface area contributed by atoms with E-state index in [-0.39, 0.29) is 24.0 Å². The average molecular weight is 414 g/mol. The smallest absolute Gasteiger partial charge is 0.193 e. The van der Waals surface area contributed by atoms with E-state index in [1.54, 1.807) is 0 Å². The van der Waals surface area contributed by atoms with Crippen molar-refractivity contribution in [1.82, 2.24) is 15.2 Å². The van der Waals surface area contributed by atoms with E-state index in [4.69, 9.17) is 0 Å². The Morgan fingerprint density at radius 3 is 2.82 bits per heavy atom. The zero-order chi connectivity index (χ0) is 14.7. The second-order valence-electron chi connectivity index (χ2n) is 6.55. The van der Waals surface area contributed by atoms with E-state index in [9.17, 15) is 0 Å². The van der Waals surface area contributed by atoms with Crippen molar-refractivity contribution < 1.29 is 0 Å². The second-order valence-corrected chi connectivity index (χ2v) is 6.55. The summed E-state index contributed by atoms with van der Waals surface area (Å²) in [4.78, 5) is 11.1. The van der Waals surface area contributed by atoms with E-state index in [1.807, 2.05) is 19.4 Å². The maximum absolute atomic E-state index is 4.47. The fraction of sp³-hybridized carbons (Fsp3) is 0.647. The van der Waals surface area contributed by atoms with Crippen LogP contribution in [0.2, 0.25) is 0 Å². The van der Waals surface area contributed by atoms with Gasteiger partial charge < -0.3 is 10.2 Å². The Kier molecular flexibility index (Phi) is 6.06. The number of rotatable bonds is 3. The number of hydrogen-bond acceptors (Lipinski definition) is 2. The molecular formula is C17H27IN4. The Morgan fingerprint density at radius 2 is 2.23 bits per heavy atom. The SMILES string of the molecule is CN=C(NCCc1ccncc1C)N1CCC2(CCC2)C1.I. The highest BCUT2D eigenvalue weighted by molar-refractivity contribution is 14.0. The van der Waals surface area contributed by atoms with Crippen LogP contribution in [0.4, 0.5) is 0 Å². The predicted molar refractivity (Wildman–Crippen MR) is 102 cm³/mol. The third-order valence-electron chi connectivity index (χ3n) is 5.18. The van der Waals surface area contributed by atoms with Crippen LogP contribution < -0.4 is 5.32 Å². The molecule has 1 aromatic rings. The maximum Gasteiger partial charge on any atom is 0.193 e. The molecule has 1 spiro atoms. The highest BCUT2D eigenvalue weighted by atomic mass is 127. The molecule has 1 saturated carbocycles. The molecule has 4 nitrogen and oxygen atoms in total. The van der Waals surface area contributed by atoms with E-state index in [2.05, 4.69) is 33.2 Å². The second kappa shape index (κ2) is 7.62.